The first-order valence-electron chi connectivity index (χ1n) is 7.28. The number of fused-ring (bicyclic) bond motifs is 1. The summed E-state index contributed by atoms with van der Waals surface area (Å²) in [5.41, 5.74) is 2.08. The van der Waals surface area contributed by atoms with Gasteiger partial charge in [-0.05, 0) is 30.3 Å². The highest BCUT2D eigenvalue weighted by molar-refractivity contribution is 9.10. The molecule has 1 heterocycles. The van der Waals surface area contributed by atoms with Crippen LogP contribution in [0.15, 0.2) is 59.2 Å². The normalized spacial score (nSPS) is 10.8. The summed E-state index contributed by atoms with van der Waals surface area (Å²) in [6.07, 6.45) is 1.68. The van der Waals surface area contributed by atoms with Crippen LogP contribution in [-0.2, 0) is 4.79 Å². The van der Waals surface area contributed by atoms with Gasteiger partial charge in [-0.2, -0.15) is 0 Å². The zero-order chi connectivity index (χ0) is 17.3. The lowest BCUT2D eigenvalue weighted by Crippen LogP contribution is -2.26. The van der Waals surface area contributed by atoms with E-state index < -0.39 is 0 Å². The van der Waals surface area contributed by atoms with Crippen molar-refractivity contribution in [3.05, 3.63) is 59.2 Å². The van der Waals surface area contributed by atoms with E-state index in [9.17, 15) is 9.59 Å². The molecule has 4 nitrogen and oxygen atoms in total. The van der Waals surface area contributed by atoms with Gasteiger partial charge in [0.1, 0.15) is 5.88 Å². The molecule has 0 fully saturated rings. The molecule has 0 saturated carbocycles. The summed E-state index contributed by atoms with van der Waals surface area (Å²) in [7, 11) is 0. The molecule has 0 atom stereocenters. The lowest BCUT2D eigenvalue weighted by Gasteiger charge is -2.21. The van der Waals surface area contributed by atoms with Gasteiger partial charge in [-0.1, -0.05) is 34.1 Å². The van der Waals surface area contributed by atoms with E-state index in [1.807, 2.05) is 48.5 Å². The Kier molecular flexibility index (Phi) is 4.73. The first-order chi connectivity index (χ1) is 11.5. The third kappa shape index (κ3) is 2.97. The second-order valence-corrected chi connectivity index (χ2v) is 6.44. The predicted molar refractivity (Wildman–Crippen MR) is 100 cm³/mol. The first-order valence-corrected chi connectivity index (χ1v) is 8.61. The summed E-state index contributed by atoms with van der Waals surface area (Å²) in [5, 5.41) is 0.814. The fourth-order valence-corrected chi connectivity index (χ4v) is 3.05. The SMILES string of the molecule is CC(=O)n1cc(N(C(=O)CCl)c2ccc(Br)cc2)c2ccccc21. The lowest BCUT2D eigenvalue weighted by atomic mass is 10.2. The molecule has 1 amide bonds. The average molecular weight is 406 g/mol. The van der Waals surface area contributed by atoms with Crippen LogP contribution in [0.5, 0.6) is 0 Å². The van der Waals surface area contributed by atoms with Crippen LogP contribution in [0.2, 0.25) is 0 Å². The van der Waals surface area contributed by atoms with Crippen molar-refractivity contribution < 1.29 is 9.59 Å². The van der Waals surface area contributed by atoms with Gasteiger partial charge in [-0.25, -0.2) is 0 Å². The van der Waals surface area contributed by atoms with E-state index in [2.05, 4.69) is 15.9 Å². The van der Waals surface area contributed by atoms with Crippen molar-refractivity contribution in [2.45, 2.75) is 6.92 Å². The minimum Gasteiger partial charge on any atom is -0.285 e. The van der Waals surface area contributed by atoms with Gasteiger partial charge in [0.2, 0.25) is 11.8 Å². The van der Waals surface area contributed by atoms with E-state index in [0.29, 0.717) is 11.4 Å². The number of rotatable bonds is 3. The van der Waals surface area contributed by atoms with Crippen LogP contribution in [0.1, 0.15) is 11.7 Å². The fourth-order valence-electron chi connectivity index (χ4n) is 2.67. The zero-order valence-corrected chi connectivity index (χ0v) is 15.2. The van der Waals surface area contributed by atoms with Crippen molar-refractivity contribution in [3.8, 4) is 0 Å². The highest BCUT2D eigenvalue weighted by Crippen LogP contribution is 2.35. The van der Waals surface area contributed by atoms with E-state index in [1.165, 1.54) is 11.5 Å². The lowest BCUT2D eigenvalue weighted by molar-refractivity contribution is -0.115. The van der Waals surface area contributed by atoms with Gasteiger partial charge in [-0.15, -0.1) is 11.6 Å². The maximum atomic E-state index is 12.5. The van der Waals surface area contributed by atoms with E-state index in [0.717, 1.165) is 15.4 Å². The van der Waals surface area contributed by atoms with E-state index in [1.54, 1.807) is 11.1 Å². The number of carbonyl (C=O) groups excluding carboxylic acids is 2. The highest BCUT2D eigenvalue weighted by Gasteiger charge is 2.22. The second-order valence-electron chi connectivity index (χ2n) is 5.26. The Morgan fingerprint density at radius 1 is 1.12 bits per heavy atom. The number of amides is 1. The minimum absolute atomic E-state index is 0.119. The molecule has 3 aromatic rings. The maximum Gasteiger partial charge on any atom is 0.246 e. The number of aromatic nitrogens is 1. The van der Waals surface area contributed by atoms with Gasteiger partial charge in [0.05, 0.1) is 11.2 Å². The molecule has 24 heavy (non-hydrogen) atoms. The number of nitrogens with zero attached hydrogens (tertiary/aromatic N) is 2. The van der Waals surface area contributed by atoms with Gasteiger partial charge in [0, 0.05) is 28.7 Å². The van der Waals surface area contributed by atoms with Crippen LogP contribution in [-0.4, -0.2) is 22.3 Å². The molecule has 0 aliphatic heterocycles. The second kappa shape index (κ2) is 6.79. The molecule has 0 bridgehead atoms. The summed E-state index contributed by atoms with van der Waals surface area (Å²) in [4.78, 5) is 26.0. The number of para-hydroxylation sites is 1. The monoisotopic (exact) mass is 404 g/mol. The molecule has 1 aromatic heterocycles. The van der Waals surface area contributed by atoms with Crippen LogP contribution in [0.25, 0.3) is 10.9 Å². The summed E-state index contributed by atoms with van der Waals surface area (Å²) < 4.78 is 2.45. The molecule has 0 aliphatic carbocycles. The van der Waals surface area contributed by atoms with Gasteiger partial charge >= 0.3 is 0 Å². The number of hydrogen-bond donors (Lipinski definition) is 0. The fraction of sp³-hybridized carbons (Fsp3) is 0.111. The number of alkyl halides is 1. The maximum absolute atomic E-state index is 12.5. The molecule has 0 aliphatic rings. The molecule has 0 saturated heterocycles. The van der Waals surface area contributed by atoms with Crippen molar-refractivity contribution in [1.29, 1.82) is 0 Å². The molecule has 0 N–H and O–H groups in total. The van der Waals surface area contributed by atoms with Gasteiger partial charge < -0.3 is 0 Å². The Morgan fingerprint density at radius 2 is 1.79 bits per heavy atom. The minimum atomic E-state index is -0.259. The van der Waals surface area contributed by atoms with E-state index >= 15 is 0 Å². The third-order valence-electron chi connectivity index (χ3n) is 3.72. The third-order valence-corrected chi connectivity index (χ3v) is 4.48. The van der Waals surface area contributed by atoms with Crippen molar-refractivity contribution >= 4 is 61.6 Å². The van der Waals surface area contributed by atoms with Gasteiger partial charge in [-0.3, -0.25) is 19.1 Å². The van der Waals surface area contributed by atoms with Gasteiger partial charge in [0.25, 0.3) is 0 Å². The van der Waals surface area contributed by atoms with Gasteiger partial charge in [0.15, 0.2) is 0 Å². The Bertz CT molecular complexity index is 918. The predicted octanol–water partition coefficient (Wildman–Crippen LogP) is 4.97. The molecule has 122 valence electrons. The summed E-state index contributed by atoms with van der Waals surface area (Å²) in [5.74, 6) is -0.535. The van der Waals surface area contributed by atoms with Crippen molar-refractivity contribution in [1.82, 2.24) is 4.57 Å². The number of anilines is 2. The average Bonchev–Trinajstić information content (AvgIpc) is 2.96. The van der Waals surface area contributed by atoms with E-state index in [4.69, 9.17) is 11.6 Å². The Labute approximate surface area is 152 Å². The number of hydrogen-bond acceptors (Lipinski definition) is 2. The number of benzene rings is 2. The van der Waals surface area contributed by atoms with Crippen LogP contribution >= 0.6 is 27.5 Å². The summed E-state index contributed by atoms with van der Waals surface area (Å²) in [6.45, 7) is 1.49. The number of carbonyl (C=O) groups is 2. The van der Waals surface area contributed by atoms with Crippen LogP contribution in [0.4, 0.5) is 11.4 Å². The largest absolute Gasteiger partial charge is 0.285 e. The van der Waals surface area contributed by atoms with Crippen molar-refractivity contribution in [2.24, 2.45) is 0 Å². The van der Waals surface area contributed by atoms with Crippen molar-refractivity contribution in [2.75, 3.05) is 10.8 Å². The highest BCUT2D eigenvalue weighted by atomic mass is 79.9. The Balaban J connectivity index is 2.25. The van der Waals surface area contributed by atoms with E-state index in [-0.39, 0.29) is 17.7 Å². The summed E-state index contributed by atoms with van der Waals surface area (Å²) in [6, 6.07) is 14.8. The zero-order valence-electron chi connectivity index (χ0n) is 12.9. The molecule has 0 spiro atoms. The first kappa shape index (κ1) is 16.7. The molecule has 6 heteroatoms. The molecule has 3 rings (SSSR count). The van der Waals surface area contributed by atoms with Crippen molar-refractivity contribution in [3.63, 3.8) is 0 Å². The molecular weight excluding hydrogens is 392 g/mol. The quantitative estimate of drug-likeness (QED) is 0.578. The standard InChI is InChI=1S/C18H14BrClN2O2/c1-12(23)21-11-17(15-4-2-3-5-16(15)21)22(18(24)10-20)14-8-6-13(19)7-9-14/h2-9,11H,10H2,1H3. The van der Waals surface area contributed by atoms with Crippen LogP contribution in [0.3, 0.4) is 0 Å². The molecule has 0 radical (unpaired) electrons. The smallest absolute Gasteiger partial charge is 0.246 e. The Hall–Kier alpha value is -2.11. The van der Waals surface area contributed by atoms with Crippen LogP contribution < -0.4 is 4.90 Å². The molecular formula is C18H14BrClN2O2. The molecule has 2 aromatic carbocycles. The summed E-state index contributed by atoms with van der Waals surface area (Å²) >= 11 is 9.21. The van der Waals surface area contributed by atoms with Crippen LogP contribution in [0, 0.1) is 0 Å². The Morgan fingerprint density at radius 3 is 2.42 bits per heavy atom. The molecule has 0 unspecified atom stereocenters. The number of halogens is 2. The topological polar surface area (TPSA) is 42.3 Å².